The van der Waals surface area contributed by atoms with Crippen LogP contribution in [0.2, 0.25) is 0 Å². The van der Waals surface area contributed by atoms with Gasteiger partial charge in [0.15, 0.2) is 0 Å². The zero-order valence-electron chi connectivity index (χ0n) is 19.7. The van der Waals surface area contributed by atoms with Crippen molar-refractivity contribution in [3.63, 3.8) is 0 Å². The number of hydrogen-bond donors (Lipinski definition) is 3. The standard InChI is InChI=1S/C25H28F3N5O3/c1-2-19(21(10-6-11-26)36-15-7-14-33-12-3-4-13-33)30-25(35)23-20(16-29-32-23)31-24(34)22-17(27)8-5-9-18(22)28/h2,5-6,8-10,16H,1,3-4,7,11-15H2,(H,29,32)(H,30,35)(H,31,34)/b10-6-,21-19-. The molecule has 0 bridgehead atoms. The van der Waals surface area contributed by atoms with Crippen molar-refractivity contribution in [2.45, 2.75) is 19.3 Å². The normalized spacial score (nSPS) is 14.5. The van der Waals surface area contributed by atoms with E-state index in [1.54, 1.807) is 0 Å². The molecule has 2 amide bonds. The molecule has 1 fully saturated rings. The van der Waals surface area contributed by atoms with E-state index in [0.29, 0.717) is 6.61 Å². The first kappa shape index (κ1) is 26.7. The zero-order valence-corrected chi connectivity index (χ0v) is 19.7. The number of aromatic amines is 1. The Labute approximate surface area is 206 Å². The van der Waals surface area contributed by atoms with Crippen LogP contribution in [-0.2, 0) is 4.74 Å². The number of likely N-dealkylation sites (tertiary alicyclic amines) is 1. The van der Waals surface area contributed by atoms with E-state index in [-0.39, 0.29) is 22.8 Å². The first-order valence-electron chi connectivity index (χ1n) is 11.5. The average molecular weight is 504 g/mol. The molecule has 1 saturated heterocycles. The molecule has 0 unspecified atom stereocenters. The number of carbonyl (C=O) groups excluding carboxylic acids is 2. The van der Waals surface area contributed by atoms with Crippen molar-refractivity contribution in [1.29, 1.82) is 0 Å². The molecular formula is C25H28F3N5O3. The van der Waals surface area contributed by atoms with Gasteiger partial charge in [-0.3, -0.25) is 14.7 Å². The molecule has 3 N–H and O–H groups in total. The van der Waals surface area contributed by atoms with Gasteiger partial charge in [0, 0.05) is 6.54 Å². The van der Waals surface area contributed by atoms with Crippen LogP contribution in [0.5, 0.6) is 0 Å². The van der Waals surface area contributed by atoms with Crippen molar-refractivity contribution in [2.24, 2.45) is 0 Å². The van der Waals surface area contributed by atoms with E-state index in [4.69, 9.17) is 4.74 Å². The molecule has 1 aliphatic heterocycles. The molecule has 3 rings (SSSR count). The second kappa shape index (κ2) is 13.3. The maximum Gasteiger partial charge on any atom is 0.275 e. The number of alkyl halides is 1. The van der Waals surface area contributed by atoms with Gasteiger partial charge in [0.2, 0.25) is 0 Å². The van der Waals surface area contributed by atoms with Crippen molar-refractivity contribution in [1.82, 2.24) is 20.4 Å². The van der Waals surface area contributed by atoms with Gasteiger partial charge in [-0.1, -0.05) is 18.7 Å². The second-order valence-corrected chi connectivity index (χ2v) is 7.95. The number of ether oxygens (including phenoxy) is 1. The first-order valence-corrected chi connectivity index (χ1v) is 11.5. The number of nitrogens with zero attached hydrogens (tertiary/aromatic N) is 2. The van der Waals surface area contributed by atoms with Gasteiger partial charge in [0.05, 0.1) is 24.2 Å². The summed E-state index contributed by atoms with van der Waals surface area (Å²) in [5.41, 5.74) is -0.908. The van der Waals surface area contributed by atoms with E-state index in [9.17, 15) is 22.8 Å². The zero-order chi connectivity index (χ0) is 25.9. The minimum absolute atomic E-state index is 0.101. The summed E-state index contributed by atoms with van der Waals surface area (Å²) in [5.74, 6) is -3.72. The summed E-state index contributed by atoms with van der Waals surface area (Å²) in [6.07, 6.45) is 8.20. The number of allylic oxidation sites excluding steroid dienone is 3. The van der Waals surface area contributed by atoms with E-state index >= 15 is 0 Å². The summed E-state index contributed by atoms with van der Waals surface area (Å²) in [6.45, 7) is 6.28. The van der Waals surface area contributed by atoms with Crippen LogP contribution < -0.4 is 10.6 Å². The molecule has 11 heteroatoms. The first-order chi connectivity index (χ1) is 17.4. The van der Waals surface area contributed by atoms with Crippen LogP contribution in [0, 0.1) is 11.6 Å². The number of halogens is 3. The van der Waals surface area contributed by atoms with Gasteiger partial charge in [0.1, 0.15) is 35.3 Å². The maximum atomic E-state index is 13.9. The van der Waals surface area contributed by atoms with Crippen molar-refractivity contribution >= 4 is 17.5 Å². The van der Waals surface area contributed by atoms with Crippen molar-refractivity contribution in [2.75, 3.05) is 38.2 Å². The Kier molecular flexibility index (Phi) is 9.87. The maximum absolute atomic E-state index is 13.9. The molecule has 1 aliphatic rings. The highest BCUT2D eigenvalue weighted by Gasteiger charge is 2.22. The summed E-state index contributed by atoms with van der Waals surface area (Å²) < 4.78 is 46.5. The molecule has 2 heterocycles. The monoisotopic (exact) mass is 503 g/mol. The molecule has 0 radical (unpaired) electrons. The quantitative estimate of drug-likeness (QED) is 0.230. The molecule has 0 spiro atoms. The predicted molar refractivity (Wildman–Crippen MR) is 129 cm³/mol. The lowest BCUT2D eigenvalue weighted by atomic mass is 10.2. The van der Waals surface area contributed by atoms with Gasteiger partial charge < -0.3 is 20.3 Å². The van der Waals surface area contributed by atoms with E-state index in [0.717, 1.165) is 50.5 Å². The fourth-order valence-corrected chi connectivity index (χ4v) is 3.70. The third kappa shape index (κ3) is 7.08. The van der Waals surface area contributed by atoms with E-state index < -0.39 is 35.7 Å². The second-order valence-electron chi connectivity index (χ2n) is 7.95. The summed E-state index contributed by atoms with van der Waals surface area (Å²) >= 11 is 0. The number of nitrogens with one attached hydrogen (secondary N) is 3. The van der Waals surface area contributed by atoms with Gasteiger partial charge in [0.25, 0.3) is 11.8 Å². The van der Waals surface area contributed by atoms with Gasteiger partial charge >= 0.3 is 0 Å². The summed E-state index contributed by atoms with van der Waals surface area (Å²) in [7, 11) is 0. The fourth-order valence-electron chi connectivity index (χ4n) is 3.70. The van der Waals surface area contributed by atoms with Crippen LogP contribution in [0.15, 0.2) is 60.7 Å². The number of aromatic nitrogens is 2. The van der Waals surface area contributed by atoms with Gasteiger partial charge in [-0.15, -0.1) is 0 Å². The van der Waals surface area contributed by atoms with Crippen LogP contribution in [0.25, 0.3) is 0 Å². The SMILES string of the molecule is C=C/C(NC(=O)c1[nH]ncc1NC(=O)c1c(F)cccc1F)=C(\C=C/CF)OCCCN1CCCC1. The van der Waals surface area contributed by atoms with Crippen molar-refractivity contribution < 1.29 is 27.5 Å². The van der Waals surface area contributed by atoms with E-state index in [1.165, 1.54) is 31.1 Å². The lowest BCUT2D eigenvalue weighted by molar-refractivity contribution is 0.0959. The summed E-state index contributed by atoms with van der Waals surface area (Å²) in [6, 6.07) is 3.02. The minimum Gasteiger partial charge on any atom is -0.491 e. The number of hydrogen-bond acceptors (Lipinski definition) is 5. The lowest BCUT2D eigenvalue weighted by Crippen LogP contribution is -2.26. The number of anilines is 1. The van der Waals surface area contributed by atoms with Crippen LogP contribution >= 0.6 is 0 Å². The summed E-state index contributed by atoms with van der Waals surface area (Å²) in [4.78, 5) is 27.7. The highest BCUT2D eigenvalue weighted by Crippen LogP contribution is 2.18. The Balaban J connectivity index is 1.70. The van der Waals surface area contributed by atoms with Crippen LogP contribution in [0.3, 0.4) is 0 Å². The van der Waals surface area contributed by atoms with Crippen molar-refractivity contribution in [3.05, 3.63) is 83.6 Å². The Hall–Kier alpha value is -3.86. The molecular weight excluding hydrogens is 475 g/mol. The highest BCUT2D eigenvalue weighted by molar-refractivity contribution is 6.08. The van der Waals surface area contributed by atoms with Crippen molar-refractivity contribution in [3.8, 4) is 0 Å². The average Bonchev–Trinajstić information content (AvgIpc) is 3.54. The number of rotatable bonds is 12. The molecule has 1 aromatic heterocycles. The van der Waals surface area contributed by atoms with Crippen LogP contribution in [0.1, 0.15) is 40.1 Å². The Morgan fingerprint density at radius 1 is 1.19 bits per heavy atom. The molecule has 0 aliphatic carbocycles. The molecule has 0 atom stereocenters. The van der Waals surface area contributed by atoms with Gasteiger partial charge in [-0.05, 0) is 56.6 Å². The molecule has 2 aromatic rings. The third-order valence-electron chi connectivity index (χ3n) is 5.46. The van der Waals surface area contributed by atoms with Crippen LogP contribution in [-0.4, -0.2) is 59.8 Å². The Morgan fingerprint density at radius 2 is 1.92 bits per heavy atom. The fraction of sp³-hybridized carbons (Fsp3) is 0.320. The summed E-state index contributed by atoms with van der Waals surface area (Å²) in [5, 5.41) is 11.0. The highest BCUT2D eigenvalue weighted by atomic mass is 19.1. The molecule has 36 heavy (non-hydrogen) atoms. The predicted octanol–water partition coefficient (Wildman–Crippen LogP) is 4.10. The van der Waals surface area contributed by atoms with Gasteiger partial charge in [-0.2, -0.15) is 5.10 Å². The topological polar surface area (TPSA) is 99.3 Å². The molecule has 0 saturated carbocycles. The largest absolute Gasteiger partial charge is 0.491 e. The molecule has 1 aromatic carbocycles. The van der Waals surface area contributed by atoms with Crippen LogP contribution in [0.4, 0.5) is 18.9 Å². The third-order valence-corrected chi connectivity index (χ3v) is 5.46. The Bertz CT molecular complexity index is 1120. The van der Waals surface area contributed by atoms with E-state index in [1.807, 2.05) is 0 Å². The molecule has 8 nitrogen and oxygen atoms in total. The Morgan fingerprint density at radius 3 is 2.58 bits per heavy atom. The number of amides is 2. The number of H-pyrrole nitrogens is 1. The van der Waals surface area contributed by atoms with Gasteiger partial charge in [-0.25, -0.2) is 13.2 Å². The number of benzene rings is 1. The smallest absolute Gasteiger partial charge is 0.275 e. The lowest BCUT2D eigenvalue weighted by Gasteiger charge is -2.16. The number of carbonyl (C=O) groups is 2. The minimum atomic E-state index is -1.09. The molecule has 192 valence electrons. The van der Waals surface area contributed by atoms with E-state index in [2.05, 4.69) is 32.3 Å².